The van der Waals surface area contributed by atoms with E-state index in [9.17, 15) is 4.79 Å². The highest BCUT2D eigenvalue weighted by Gasteiger charge is 2.22. The van der Waals surface area contributed by atoms with Crippen LogP contribution in [0.2, 0.25) is 0 Å². The summed E-state index contributed by atoms with van der Waals surface area (Å²) in [5.74, 6) is 1.53. The van der Waals surface area contributed by atoms with Crippen molar-refractivity contribution < 1.29 is 9.53 Å². The molecule has 0 unspecified atom stereocenters. The molecule has 0 aliphatic carbocycles. The number of hydrogen-bond acceptors (Lipinski definition) is 3. The van der Waals surface area contributed by atoms with Crippen LogP contribution in [-0.2, 0) is 11.3 Å². The van der Waals surface area contributed by atoms with E-state index in [1.807, 2.05) is 12.1 Å². The Balaban J connectivity index is 1.99. The monoisotopic (exact) mass is 325 g/mol. The summed E-state index contributed by atoms with van der Waals surface area (Å²) < 4.78 is 6.47. The number of rotatable bonds is 4. The van der Waals surface area contributed by atoms with Gasteiger partial charge in [-0.15, -0.1) is 0 Å². The van der Waals surface area contributed by atoms with Gasteiger partial charge in [0.15, 0.2) is 0 Å². The van der Waals surface area contributed by atoms with Gasteiger partial charge in [-0.1, -0.05) is 15.9 Å². The Morgan fingerprint density at radius 2 is 2.11 bits per heavy atom. The molecule has 0 bridgehead atoms. The number of methoxy groups -OCH3 is 1. The van der Waals surface area contributed by atoms with Gasteiger partial charge in [0.1, 0.15) is 11.5 Å². The Morgan fingerprint density at radius 3 is 2.68 bits per heavy atom. The summed E-state index contributed by atoms with van der Waals surface area (Å²) >= 11 is 3.50. The number of carbonyl (C=O) groups is 1. The van der Waals surface area contributed by atoms with Gasteiger partial charge in [0, 0.05) is 22.5 Å². The number of halogens is 1. The topological polar surface area (TPSA) is 29.5 Å². The van der Waals surface area contributed by atoms with Crippen LogP contribution in [0.1, 0.15) is 25.3 Å². The minimum atomic E-state index is 0.264. The molecule has 1 aliphatic heterocycles. The molecule has 104 valence electrons. The van der Waals surface area contributed by atoms with Crippen LogP contribution in [0.15, 0.2) is 22.7 Å². The summed E-state index contributed by atoms with van der Waals surface area (Å²) in [5, 5.41) is 0. The summed E-state index contributed by atoms with van der Waals surface area (Å²) in [7, 11) is 1.70. The van der Waals surface area contributed by atoms with Crippen molar-refractivity contribution in [1.29, 1.82) is 0 Å². The third kappa shape index (κ3) is 3.80. The molecular weight excluding hydrogens is 306 g/mol. The van der Waals surface area contributed by atoms with Gasteiger partial charge in [-0.3, -0.25) is 9.69 Å². The lowest BCUT2D eigenvalue weighted by Crippen LogP contribution is -2.35. The van der Waals surface area contributed by atoms with E-state index in [4.69, 9.17) is 4.74 Å². The molecule has 0 spiro atoms. The van der Waals surface area contributed by atoms with Gasteiger partial charge in [0.05, 0.1) is 7.11 Å². The highest BCUT2D eigenvalue weighted by molar-refractivity contribution is 9.10. The van der Waals surface area contributed by atoms with Gasteiger partial charge in [0.2, 0.25) is 0 Å². The summed E-state index contributed by atoms with van der Waals surface area (Å²) in [6.07, 6.45) is 1.96. The number of piperidine rings is 1. The third-order valence-corrected chi connectivity index (χ3v) is 4.29. The molecule has 0 aromatic heterocycles. The first-order valence-corrected chi connectivity index (χ1v) is 7.44. The zero-order chi connectivity index (χ0) is 13.8. The van der Waals surface area contributed by atoms with Crippen molar-refractivity contribution in [3.63, 3.8) is 0 Å². The standard InChI is InChI=1S/C15H20BrNO2/c1-11(18)12-5-7-17(8-6-12)10-13-9-14(16)3-4-15(13)19-2/h3-4,9,12H,5-8,10H2,1-2H3. The van der Waals surface area contributed by atoms with Crippen molar-refractivity contribution in [3.8, 4) is 5.75 Å². The van der Waals surface area contributed by atoms with E-state index in [-0.39, 0.29) is 5.92 Å². The fourth-order valence-corrected chi connectivity index (χ4v) is 3.02. The van der Waals surface area contributed by atoms with Crippen molar-refractivity contribution in [2.45, 2.75) is 26.3 Å². The molecule has 1 aromatic rings. The number of likely N-dealkylation sites (tertiary alicyclic amines) is 1. The maximum atomic E-state index is 11.4. The number of carbonyl (C=O) groups excluding carboxylic acids is 1. The average molecular weight is 326 g/mol. The summed E-state index contributed by atoms with van der Waals surface area (Å²) in [6.45, 7) is 4.56. The predicted octanol–water partition coefficient (Wildman–Crippen LogP) is 3.26. The lowest BCUT2D eigenvalue weighted by atomic mass is 9.93. The van der Waals surface area contributed by atoms with Crippen LogP contribution in [0.4, 0.5) is 0 Å². The molecule has 0 N–H and O–H groups in total. The van der Waals surface area contributed by atoms with Gasteiger partial charge in [-0.2, -0.15) is 0 Å². The molecule has 2 rings (SSSR count). The van der Waals surface area contributed by atoms with Crippen molar-refractivity contribution in [2.24, 2.45) is 5.92 Å². The smallest absolute Gasteiger partial charge is 0.133 e. The number of ether oxygens (including phenoxy) is 1. The van der Waals surface area contributed by atoms with Crippen LogP contribution in [0.5, 0.6) is 5.75 Å². The van der Waals surface area contributed by atoms with Crippen LogP contribution < -0.4 is 4.74 Å². The summed E-state index contributed by atoms with van der Waals surface area (Å²) in [4.78, 5) is 13.8. The molecule has 0 saturated carbocycles. The molecule has 1 aliphatic rings. The van der Waals surface area contributed by atoms with Crippen LogP contribution >= 0.6 is 15.9 Å². The zero-order valence-electron chi connectivity index (χ0n) is 11.5. The molecule has 3 nitrogen and oxygen atoms in total. The molecule has 0 atom stereocenters. The number of benzene rings is 1. The molecule has 1 fully saturated rings. The van der Waals surface area contributed by atoms with Crippen LogP contribution in [0.25, 0.3) is 0 Å². The largest absolute Gasteiger partial charge is 0.496 e. The second kappa shape index (κ2) is 6.53. The average Bonchev–Trinajstić information content (AvgIpc) is 2.39. The van der Waals surface area contributed by atoms with E-state index in [1.54, 1.807) is 14.0 Å². The van der Waals surface area contributed by atoms with E-state index in [2.05, 4.69) is 26.9 Å². The van der Waals surface area contributed by atoms with Crippen molar-refractivity contribution in [1.82, 2.24) is 4.90 Å². The Bertz CT molecular complexity index is 453. The van der Waals surface area contributed by atoms with Crippen molar-refractivity contribution in [3.05, 3.63) is 28.2 Å². The lowest BCUT2D eigenvalue weighted by Gasteiger charge is -2.31. The number of ketones is 1. The fourth-order valence-electron chi connectivity index (χ4n) is 2.61. The molecule has 1 aromatic carbocycles. The first kappa shape index (κ1) is 14.5. The van der Waals surface area contributed by atoms with Gasteiger partial charge in [-0.05, 0) is 51.1 Å². The maximum Gasteiger partial charge on any atom is 0.133 e. The molecule has 4 heteroatoms. The van der Waals surface area contributed by atoms with Crippen molar-refractivity contribution >= 4 is 21.7 Å². The zero-order valence-corrected chi connectivity index (χ0v) is 13.1. The maximum absolute atomic E-state index is 11.4. The SMILES string of the molecule is COc1ccc(Br)cc1CN1CCC(C(C)=O)CC1. The Morgan fingerprint density at radius 1 is 1.42 bits per heavy atom. The number of nitrogens with zero attached hydrogens (tertiary/aromatic N) is 1. The van der Waals surface area contributed by atoms with Gasteiger partial charge < -0.3 is 4.74 Å². The number of Topliss-reactive ketones (excluding diaryl/α,β-unsaturated/α-hetero) is 1. The first-order chi connectivity index (χ1) is 9.10. The number of hydrogen-bond donors (Lipinski definition) is 0. The van der Waals surface area contributed by atoms with E-state index < -0.39 is 0 Å². The van der Waals surface area contributed by atoms with E-state index in [0.717, 1.165) is 42.7 Å². The highest BCUT2D eigenvalue weighted by atomic mass is 79.9. The molecule has 1 saturated heterocycles. The Kier molecular flexibility index (Phi) is 4.99. The fraction of sp³-hybridized carbons (Fsp3) is 0.533. The van der Waals surface area contributed by atoms with Crippen molar-refractivity contribution in [2.75, 3.05) is 20.2 Å². The van der Waals surface area contributed by atoms with Gasteiger partial charge >= 0.3 is 0 Å². The minimum absolute atomic E-state index is 0.264. The molecule has 19 heavy (non-hydrogen) atoms. The second-order valence-corrected chi connectivity index (χ2v) is 6.03. The second-order valence-electron chi connectivity index (χ2n) is 5.12. The predicted molar refractivity (Wildman–Crippen MR) is 79.4 cm³/mol. The molecule has 0 radical (unpaired) electrons. The molecule has 1 heterocycles. The normalized spacial score (nSPS) is 17.4. The van der Waals surface area contributed by atoms with E-state index in [0.29, 0.717) is 5.78 Å². The quantitative estimate of drug-likeness (QED) is 0.851. The van der Waals surface area contributed by atoms with Gasteiger partial charge in [0.25, 0.3) is 0 Å². The van der Waals surface area contributed by atoms with Crippen LogP contribution in [0.3, 0.4) is 0 Å². The third-order valence-electron chi connectivity index (χ3n) is 3.80. The molecular formula is C15H20BrNO2. The Labute approximate surface area is 123 Å². The molecule has 0 amide bonds. The highest BCUT2D eigenvalue weighted by Crippen LogP contribution is 2.26. The lowest BCUT2D eigenvalue weighted by molar-refractivity contribution is -0.122. The summed E-state index contributed by atoms with van der Waals surface area (Å²) in [5.41, 5.74) is 1.19. The van der Waals surface area contributed by atoms with Crippen LogP contribution in [0, 0.1) is 5.92 Å². The summed E-state index contributed by atoms with van der Waals surface area (Å²) in [6, 6.07) is 6.09. The minimum Gasteiger partial charge on any atom is -0.496 e. The first-order valence-electron chi connectivity index (χ1n) is 6.65. The van der Waals surface area contributed by atoms with Crippen LogP contribution in [-0.4, -0.2) is 30.9 Å². The Hall–Kier alpha value is -0.870. The van der Waals surface area contributed by atoms with Gasteiger partial charge in [-0.25, -0.2) is 0 Å². The van der Waals surface area contributed by atoms with E-state index in [1.165, 1.54) is 5.56 Å². The van der Waals surface area contributed by atoms with E-state index >= 15 is 0 Å².